The van der Waals surface area contributed by atoms with E-state index in [-0.39, 0.29) is 5.91 Å². The molecule has 0 saturated carbocycles. The lowest BCUT2D eigenvalue weighted by molar-refractivity contribution is -0.131. The molecule has 0 aliphatic heterocycles. The van der Waals surface area contributed by atoms with Gasteiger partial charge in [-0.15, -0.1) is 0 Å². The maximum Gasteiger partial charge on any atom is 0.239 e. The molecule has 88 valence electrons. The molecule has 1 atom stereocenters. The first kappa shape index (κ1) is 12.5. The number of ether oxygens (including phenoxy) is 1. The first-order chi connectivity index (χ1) is 7.54. The molecule has 0 aliphatic carbocycles. The minimum Gasteiger partial charge on any atom is -0.497 e. The largest absolute Gasteiger partial charge is 0.497 e. The van der Waals surface area contributed by atoms with Crippen LogP contribution in [0.25, 0.3) is 0 Å². The second kappa shape index (κ2) is 5.51. The predicted octanol–water partition coefficient (Wildman–Crippen LogP) is 1.00. The van der Waals surface area contributed by atoms with Gasteiger partial charge in [-0.3, -0.25) is 4.79 Å². The van der Waals surface area contributed by atoms with E-state index in [1.807, 2.05) is 24.3 Å². The Morgan fingerprint density at radius 1 is 1.56 bits per heavy atom. The Bertz CT molecular complexity index is 364. The van der Waals surface area contributed by atoms with E-state index in [1.165, 1.54) is 0 Å². The van der Waals surface area contributed by atoms with Gasteiger partial charge in [0, 0.05) is 13.6 Å². The van der Waals surface area contributed by atoms with E-state index in [9.17, 15) is 4.79 Å². The van der Waals surface area contributed by atoms with Crippen LogP contribution in [0.5, 0.6) is 5.75 Å². The molecule has 2 N–H and O–H groups in total. The van der Waals surface area contributed by atoms with Crippen LogP contribution in [0.2, 0.25) is 0 Å². The fourth-order valence-electron chi connectivity index (χ4n) is 1.47. The van der Waals surface area contributed by atoms with Crippen molar-refractivity contribution in [3.05, 3.63) is 29.8 Å². The van der Waals surface area contributed by atoms with Crippen LogP contribution in [0.15, 0.2) is 24.3 Å². The van der Waals surface area contributed by atoms with Crippen molar-refractivity contribution in [3.63, 3.8) is 0 Å². The first-order valence-electron chi connectivity index (χ1n) is 5.18. The van der Waals surface area contributed by atoms with Gasteiger partial charge < -0.3 is 15.4 Å². The Morgan fingerprint density at radius 2 is 2.25 bits per heavy atom. The lowest BCUT2D eigenvalue weighted by atomic mass is 10.2. The predicted molar refractivity (Wildman–Crippen MR) is 63.1 cm³/mol. The zero-order valence-corrected chi connectivity index (χ0v) is 9.93. The summed E-state index contributed by atoms with van der Waals surface area (Å²) in [6.07, 6.45) is 0. The molecule has 16 heavy (non-hydrogen) atoms. The highest BCUT2D eigenvalue weighted by Gasteiger charge is 2.13. The Morgan fingerprint density at radius 3 is 2.81 bits per heavy atom. The molecule has 1 rings (SSSR count). The number of nitrogens with two attached hydrogens (primary N) is 1. The summed E-state index contributed by atoms with van der Waals surface area (Å²) >= 11 is 0. The van der Waals surface area contributed by atoms with Gasteiger partial charge in [0.05, 0.1) is 13.2 Å². The van der Waals surface area contributed by atoms with Crippen LogP contribution in [0.3, 0.4) is 0 Å². The maximum absolute atomic E-state index is 11.6. The highest BCUT2D eigenvalue weighted by Crippen LogP contribution is 2.13. The van der Waals surface area contributed by atoms with E-state index in [0.717, 1.165) is 11.3 Å². The third kappa shape index (κ3) is 3.24. The van der Waals surface area contributed by atoms with E-state index in [1.54, 1.807) is 26.0 Å². The van der Waals surface area contributed by atoms with Gasteiger partial charge in [-0.1, -0.05) is 12.1 Å². The minimum atomic E-state index is -0.462. The van der Waals surface area contributed by atoms with E-state index in [0.29, 0.717) is 6.54 Å². The van der Waals surface area contributed by atoms with Crippen LogP contribution >= 0.6 is 0 Å². The number of amides is 1. The van der Waals surface area contributed by atoms with Crippen molar-refractivity contribution in [2.75, 3.05) is 14.2 Å². The molecule has 0 bridgehead atoms. The van der Waals surface area contributed by atoms with E-state index >= 15 is 0 Å². The monoisotopic (exact) mass is 222 g/mol. The average Bonchev–Trinajstić information content (AvgIpc) is 2.28. The molecule has 0 heterocycles. The molecule has 0 aromatic heterocycles. The number of benzene rings is 1. The Balaban J connectivity index is 2.69. The molecule has 0 aliphatic rings. The molecule has 4 nitrogen and oxygen atoms in total. The molecule has 0 spiro atoms. The third-order valence-corrected chi connectivity index (χ3v) is 2.32. The topological polar surface area (TPSA) is 55.6 Å². The van der Waals surface area contributed by atoms with Crippen molar-refractivity contribution in [3.8, 4) is 5.75 Å². The molecule has 0 radical (unpaired) electrons. The Hall–Kier alpha value is -1.55. The maximum atomic E-state index is 11.6. The SMILES string of the molecule is COc1cccc(CN(C)C(=O)[C@@H](C)N)c1. The van der Waals surface area contributed by atoms with Crippen LogP contribution in [-0.4, -0.2) is 31.0 Å². The standard InChI is InChI=1S/C12H18N2O2/c1-9(13)12(15)14(2)8-10-5-4-6-11(7-10)16-3/h4-7,9H,8,13H2,1-3H3/t9-/m1/s1. The van der Waals surface area contributed by atoms with Gasteiger partial charge in [-0.2, -0.15) is 0 Å². The van der Waals surface area contributed by atoms with Crippen LogP contribution in [-0.2, 0) is 11.3 Å². The first-order valence-corrected chi connectivity index (χ1v) is 5.18. The average molecular weight is 222 g/mol. The third-order valence-electron chi connectivity index (χ3n) is 2.32. The highest BCUT2D eigenvalue weighted by molar-refractivity contribution is 5.80. The minimum absolute atomic E-state index is 0.0668. The summed E-state index contributed by atoms with van der Waals surface area (Å²) in [5, 5.41) is 0. The van der Waals surface area contributed by atoms with Crippen molar-refractivity contribution in [1.82, 2.24) is 4.90 Å². The fraction of sp³-hybridized carbons (Fsp3) is 0.417. The van der Waals surface area contributed by atoms with Crippen LogP contribution in [0.1, 0.15) is 12.5 Å². The second-order valence-corrected chi connectivity index (χ2v) is 3.83. The van der Waals surface area contributed by atoms with Gasteiger partial charge in [0.25, 0.3) is 0 Å². The number of carbonyl (C=O) groups excluding carboxylic acids is 1. The molecule has 1 aromatic rings. The summed E-state index contributed by atoms with van der Waals surface area (Å²) in [6, 6.07) is 7.17. The molecule has 4 heteroatoms. The van der Waals surface area contributed by atoms with Gasteiger partial charge in [-0.25, -0.2) is 0 Å². The highest BCUT2D eigenvalue weighted by atomic mass is 16.5. The number of likely N-dealkylation sites (N-methyl/N-ethyl adjacent to an activating group) is 1. The van der Waals surface area contributed by atoms with Crippen molar-refractivity contribution in [2.45, 2.75) is 19.5 Å². The lowest BCUT2D eigenvalue weighted by Gasteiger charge is -2.19. The number of methoxy groups -OCH3 is 1. The summed E-state index contributed by atoms with van der Waals surface area (Å²) in [5.74, 6) is 0.724. The van der Waals surface area contributed by atoms with Crippen molar-refractivity contribution in [2.24, 2.45) is 5.73 Å². The Kier molecular flexibility index (Phi) is 4.31. The molecule has 1 amide bonds. The summed E-state index contributed by atoms with van der Waals surface area (Å²) in [6.45, 7) is 2.22. The molecule has 1 aromatic carbocycles. The van der Waals surface area contributed by atoms with Crippen molar-refractivity contribution < 1.29 is 9.53 Å². The van der Waals surface area contributed by atoms with Crippen LogP contribution in [0, 0.1) is 0 Å². The Labute approximate surface area is 96.0 Å². The second-order valence-electron chi connectivity index (χ2n) is 3.83. The van der Waals surface area contributed by atoms with Gasteiger partial charge in [-0.05, 0) is 24.6 Å². The number of hydrogen-bond acceptors (Lipinski definition) is 3. The molecular weight excluding hydrogens is 204 g/mol. The summed E-state index contributed by atoms with van der Waals surface area (Å²) < 4.78 is 5.12. The van der Waals surface area contributed by atoms with E-state index in [4.69, 9.17) is 10.5 Å². The lowest BCUT2D eigenvalue weighted by Crippen LogP contribution is -2.39. The van der Waals surface area contributed by atoms with Crippen LogP contribution in [0.4, 0.5) is 0 Å². The van der Waals surface area contributed by atoms with Gasteiger partial charge >= 0.3 is 0 Å². The van der Waals surface area contributed by atoms with Crippen LogP contribution < -0.4 is 10.5 Å². The van der Waals surface area contributed by atoms with E-state index in [2.05, 4.69) is 0 Å². The van der Waals surface area contributed by atoms with Crippen molar-refractivity contribution in [1.29, 1.82) is 0 Å². The van der Waals surface area contributed by atoms with Gasteiger partial charge in [0.1, 0.15) is 5.75 Å². The van der Waals surface area contributed by atoms with Gasteiger partial charge in [0.15, 0.2) is 0 Å². The zero-order chi connectivity index (χ0) is 12.1. The normalized spacial score (nSPS) is 12.0. The number of hydrogen-bond donors (Lipinski definition) is 1. The van der Waals surface area contributed by atoms with E-state index < -0.39 is 6.04 Å². The smallest absolute Gasteiger partial charge is 0.239 e. The van der Waals surface area contributed by atoms with Gasteiger partial charge in [0.2, 0.25) is 5.91 Å². The molecule has 0 unspecified atom stereocenters. The number of rotatable bonds is 4. The number of nitrogens with zero attached hydrogens (tertiary/aromatic N) is 1. The molecule has 0 saturated heterocycles. The number of carbonyl (C=O) groups is 1. The summed E-state index contributed by atoms with van der Waals surface area (Å²) in [4.78, 5) is 13.2. The fourth-order valence-corrected chi connectivity index (χ4v) is 1.47. The quantitative estimate of drug-likeness (QED) is 0.827. The molecular formula is C12H18N2O2. The summed E-state index contributed by atoms with van der Waals surface area (Å²) in [5.41, 5.74) is 6.55. The van der Waals surface area contributed by atoms with Crippen molar-refractivity contribution >= 4 is 5.91 Å². The molecule has 0 fully saturated rings. The zero-order valence-electron chi connectivity index (χ0n) is 9.93. The summed E-state index contributed by atoms with van der Waals surface area (Å²) in [7, 11) is 3.36.